The van der Waals surface area contributed by atoms with E-state index in [1.165, 1.54) is 18.2 Å². The van der Waals surface area contributed by atoms with Gasteiger partial charge in [-0.3, -0.25) is 4.99 Å². The molecule has 1 saturated heterocycles. The van der Waals surface area contributed by atoms with Gasteiger partial charge in [0.05, 0.1) is 0 Å². The molecule has 2 atom stereocenters. The van der Waals surface area contributed by atoms with Crippen LogP contribution in [-0.4, -0.2) is 38.3 Å². The molecule has 1 aliphatic carbocycles. The van der Waals surface area contributed by atoms with Crippen LogP contribution in [0.3, 0.4) is 0 Å². The first-order valence-corrected chi connectivity index (χ1v) is 7.70. The molecule has 2 fully saturated rings. The first kappa shape index (κ1) is 18.4. The SMILES string of the molecule is CN=C(NC1CCOCC1)NC1CC1c1c(F)cccc1F.I. The number of nitrogens with zero attached hydrogens (tertiary/aromatic N) is 1. The molecule has 0 bridgehead atoms. The van der Waals surface area contributed by atoms with E-state index in [1.54, 1.807) is 7.05 Å². The summed E-state index contributed by atoms with van der Waals surface area (Å²) < 4.78 is 32.9. The Morgan fingerprint density at radius 3 is 2.43 bits per heavy atom. The molecule has 23 heavy (non-hydrogen) atoms. The minimum atomic E-state index is -0.471. The molecule has 128 valence electrons. The predicted octanol–water partition coefficient (Wildman–Crippen LogP) is 2.78. The van der Waals surface area contributed by atoms with Gasteiger partial charge in [-0.25, -0.2) is 8.78 Å². The fraction of sp³-hybridized carbons (Fsp3) is 0.562. The number of rotatable bonds is 3. The van der Waals surface area contributed by atoms with E-state index in [2.05, 4.69) is 15.6 Å². The molecule has 1 aromatic rings. The summed E-state index contributed by atoms with van der Waals surface area (Å²) in [5.41, 5.74) is 0.182. The van der Waals surface area contributed by atoms with Gasteiger partial charge >= 0.3 is 0 Å². The summed E-state index contributed by atoms with van der Waals surface area (Å²) in [4.78, 5) is 4.20. The van der Waals surface area contributed by atoms with Gasteiger partial charge in [-0.2, -0.15) is 0 Å². The van der Waals surface area contributed by atoms with E-state index in [0.717, 1.165) is 26.1 Å². The van der Waals surface area contributed by atoms with Crippen molar-refractivity contribution in [3.8, 4) is 0 Å². The summed E-state index contributed by atoms with van der Waals surface area (Å²) in [6, 6.07) is 4.37. The maximum absolute atomic E-state index is 13.8. The van der Waals surface area contributed by atoms with Crippen LogP contribution < -0.4 is 10.6 Å². The quantitative estimate of drug-likeness (QED) is 0.435. The molecule has 2 unspecified atom stereocenters. The van der Waals surface area contributed by atoms with Crippen LogP contribution >= 0.6 is 24.0 Å². The van der Waals surface area contributed by atoms with E-state index in [0.29, 0.717) is 18.4 Å². The van der Waals surface area contributed by atoms with Crippen molar-refractivity contribution in [3.05, 3.63) is 35.4 Å². The number of halogens is 3. The zero-order chi connectivity index (χ0) is 15.5. The second-order valence-electron chi connectivity index (χ2n) is 5.83. The van der Waals surface area contributed by atoms with E-state index in [9.17, 15) is 8.78 Å². The monoisotopic (exact) mass is 437 g/mol. The van der Waals surface area contributed by atoms with Gasteiger partial charge in [0, 0.05) is 43.8 Å². The molecule has 1 aromatic carbocycles. The molecule has 0 radical (unpaired) electrons. The second kappa shape index (κ2) is 8.23. The molecule has 1 aliphatic heterocycles. The van der Waals surface area contributed by atoms with Gasteiger partial charge in [0.2, 0.25) is 0 Å². The van der Waals surface area contributed by atoms with Gasteiger partial charge in [-0.05, 0) is 31.4 Å². The van der Waals surface area contributed by atoms with Gasteiger partial charge in [-0.1, -0.05) is 6.07 Å². The first-order valence-electron chi connectivity index (χ1n) is 7.70. The third-order valence-corrected chi connectivity index (χ3v) is 4.27. The van der Waals surface area contributed by atoms with Gasteiger partial charge < -0.3 is 15.4 Å². The number of nitrogens with one attached hydrogen (secondary N) is 2. The fourth-order valence-electron chi connectivity index (χ4n) is 2.92. The largest absolute Gasteiger partial charge is 0.381 e. The molecule has 2 N–H and O–H groups in total. The van der Waals surface area contributed by atoms with Crippen molar-refractivity contribution in [2.24, 2.45) is 4.99 Å². The number of ether oxygens (including phenoxy) is 1. The molecule has 1 heterocycles. The highest BCUT2D eigenvalue weighted by atomic mass is 127. The van der Waals surface area contributed by atoms with Crippen molar-refractivity contribution in [2.45, 2.75) is 37.3 Å². The lowest BCUT2D eigenvalue weighted by molar-refractivity contribution is 0.0822. The summed E-state index contributed by atoms with van der Waals surface area (Å²) in [6.45, 7) is 1.50. The third-order valence-electron chi connectivity index (χ3n) is 4.27. The standard InChI is InChI=1S/C16H21F2N3O.HI/c1-19-16(20-10-5-7-22-8-6-10)21-14-9-11(14)15-12(17)3-2-4-13(15)18;/h2-4,10-11,14H,5-9H2,1H3,(H2,19,20,21);1H. The lowest BCUT2D eigenvalue weighted by atomic mass is 10.1. The number of hydrogen-bond acceptors (Lipinski definition) is 2. The summed E-state index contributed by atoms with van der Waals surface area (Å²) in [6.07, 6.45) is 2.60. The molecule has 4 nitrogen and oxygen atoms in total. The average molecular weight is 437 g/mol. The molecule has 0 amide bonds. The number of hydrogen-bond donors (Lipinski definition) is 2. The van der Waals surface area contributed by atoms with Crippen LogP contribution in [0.5, 0.6) is 0 Å². The van der Waals surface area contributed by atoms with E-state index >= 15 is 0 Å². The van der Waals surface area contributed by atoms with Crippen molar-refractivity contribution < 1.29 is 13.5 Å². The average Bonchev–Trinajstić information content (AvgIpc) is 3.26. The molecule has 3 rings (SSSR count). The van der Waals surface area contributed by atoms with Crippen molar-refractivity contribution in [2.75, 3.05) is 20.3 Å². The minimum Gasteiger partial charge on any atom is -0.381 e. The first-order chi connectivity index (χ1) is 10.7. The molecular formula is C16H22F2IN3O. The Balaban J connectivity index is 0.00000192. The summed E-state index contributed by atoms with van der Waals surface area (Å²) in [7, 11) is 1.70. The fourth-order valence-corrected chi connectivity index (χ4v) is 2.92. The number of benzene rings is 1. The lowest BCUT2D eigenvalue weighted by Crippen LogP contribution is -2.46. The Morgan fingerprint density at radius 2 is 1.83 bits per heavy atom. The summed E-state index contributed by atoms with van der Waals surface area (Å²) in [5, 5.41) is 6.61. The Morgan fingerprint density at radius 1 is 1.17 bits per heavy atom. The van der Waals surface area contributed by atoms with Crippen LogP contribution in [0.2, 0.25) is 0 Å². The second-order valence-corrected chi connectivity index (χ2v) is 5.83. The third kappa shape index (κ3) is 4.53. The van der Waals surface area contributed by atoms with E-state index in [1.807, 2.05) is 0 Å². The molecule has 2 aliphatic rings. The van der Waals surface area contributed by atoms with Gasteiger partial charge in [-0.15, -0.1) is 24.0 Å². The van der Waals surface area contributed by atoms with Crippen LogP contribution in [0.1, 0.15) is 30.7 Å². The predicted molar refractivity (Wildman–Crippen MR) is 96.4 cm³/mol. The molecular weight excluding hydrogens is 415 g/mol. The van der Waals surface area contributed by atoms with Crippen LogP contribution in [0.4, 0.5) is 8.78 Å². The van der Waals surface area contributed by atoms with Crippen molar-refractivity contribution >= 4 is 29.9 Å². The van der Waals surface area contributed by atoms with Crippen molar-refractivity contribution in [1.82, 2.24) is 10.6 Å². The molecule has 7 heteroatoms. The van der Waals surface area contributed by atoms with E-state index in [-0.39, 0.29) is 41.5 Å². The normalized spacial score (nSPS) is 24.7. The molecule has 0 aromatic heterocycles. The lowest BCUT2D eigenvalue weighted by Gasteiger charge is -2.25. The Labute approximate surface area is 152 Å². The number of aliphatic imine (C=N–C) groups is 1. The zero-order valence-electron chi connectivity index (χ0n) is 13.0. The maximum atomic E-state index is 13.8. The Bertz CT molecular complexity index is 544. The van der Waals surface area contributed by atoms with Crippen molar-refractivity contribution in [3.63, 3.8) is 0 Å². The van der Waals surface area contributed by atoms with Crippen molar-refractivity contribution in [1.29, 1.82) is 0 Å². The zero-order valence-corrected chi connectivity index (χ0v) is 15.3. The van der Waals surface area contributed by atoms with Crippen LogP contribution in [0.15, 0.2) is 23.2 Å². The Kier molecular flexibility index (Phi) is 6.58. The van der Waals surface area contributed by atoms with Gasteiger partial charge in [0.25, 0.3) is 0 Å². The molecule has 1 saturated carbocycles. The summed E-state index contributed by atoms with van der Waals surface area (Å²) >= 11 is 0. The highest BCUT2D eigenvalue weighted by Gasteiger charge is 2.42. The minimum absolute atomic E-state index is 0. The van der Waals surface area contributed by atoms with Gasteiger partial charge in [0.15, 0.2) is 5.96 Å². The number of guanidine groups is 1. The van der Waals surface area contributed by atoms with E-state index < -0.39 is 11.6 Å². The Hall–Kier alpha value is -0.960. The topological polar surface area (TPSA) is 45.7 Å². The highest BCUT2D eigenvalue weighted by molar-refractivity contribution is 14.0. The maximum Gasteiger partial charge on any atom is 0.191 e. The highest BCUT2D eigenvalue weighted by Crippen LogP contribution is 2.43. The van der Waals surface area contributed by atoms with E-state index in [4.69, 9.17) is 4.74 Å². The molecule has 0 spiro atoms. The van der Waals surface area contributed by atoms with Crippen LogP contribution in [0.25, 0.3) is 0 Å². The van der Waals surface area contributed by atoms with Gasteiger partial charge in [0.1, 0.15) is 11.6 Å². The summed E-state index contributed by atoms with van der Waals surface area (Å²) in [5.74, 6) is -0.381. The van der Waals surface area contributed by atoms with Crippen LogP contribution in [0, 0.1) is 11.6 Å². The smallest absolute Gasteiger partial charge is 0.191 e. The van der Waals surface area contributed by atoms with Crippen LogP contribution in [-0.2, 0) is 4.74 Å².